The van der Waals surface area contributed by atoms with Crippen LogP contribution in [-0.4, -0.2) is 10.7 Å². The highest BCUT2D eigenvalue weighted by Gasteiger charge is 2.10. The number of nitrogens with zero attached hydrogens (tertiary/aromatic N) is 1. The predicted octanol–water partition coefficient (Wildman–Crippen LogP) is 3.39. The fourth-order valence-corrected chi connectivity index (χ4v) is 1.63. The highest BCUT2D eigenvalue weighted by molar-refractivity contribution is 6.07. The van der Waals surface area contributed by atoms with E-state index in [2.05, 4.69) is 0 Å². The topological polar surface area (TPSA) is 73.3 Å². The van der Waals surface area contributed by atoms with Gasteiger partial charge in [0.15, 0.2) is 5.78 Å². The lowest BCUT2D eigenvalue weighted by atomic mass is 10.0. The molecular weight excluding hydrogens is 246 g/mol. The number of furan rings is 1. The Balaban J connectivity index is 2.16. The van der Waals surface area contributed by atoms with Gasteiger partial charge in [-0.15, -0.1) is 0 Å². The van der Waals surface area contributed by atoms with E-state index in [1.165, 1.54) is 24.3 Å². The second-order valence-electron chi connectivity index (χ2n) is 3.95. The molecule has 0 spiro atoms. The van der Waals surface area contributed by atoms with Crippen molar-refractivity contribution in [3.63, 3.8) is 0 Å². The molecule has 0 aliphatic rings. The summed E-state index contributed by atoms with van der Waals surface area (Å²) in [6, 6.07) is 9.90. The Hall–Kier alpha value is -2.69. The van der Waals surface area contributed by atoms with Crippen molar-refractivity contribution in [1.82, 2.24) is 0 Å². The number of benzene rings is 1. The standard InChI is InChI=1S/C14H11NO4/c1-10-4-2-3-5-12(10)13(16)8-6-11-7-9-14(19-11)15(17)18/h2-9H,1H3/b8-6+. The van der Waals surface area contributed by atoms with Crippen molar-refractivity contribution in [3.05, 3.63) is 69.5 Å². The first-order valence-corrected chi connectivity index (χ1v) is 5.60. The SMILES string of the molecule is Cc1ccccc1C(=O)/C=C/c1ccc([N+](=O)[O-])o1. The second kappa shape index (κ2) is 5.30. The van der Waals surface area contributed by atoms with E-state index in [-0.39, 0.29) is 17.4 Å². The van der Waals surface area contributed by atoms with Crippen LogP contribution in [0.3, 0.4) is 0 Å². The molecule has 0 unspecified atom stereocenters. The molecule has 1 heterocycles. The van der Waals surface area contributed by atoms with Crippen LogP contribution in [-0.2, 0) is 0 Å². The van der Waals surface area contributed by atoms with E-state index in [0.29, 0.717) is 5.56 Å². The molecule has 0 fully saturated rings. The molecule has 5 nitrogen and oxygen atoms in total. The largest absolute Gasteiger partial charge is 0.433 e. The first-order chi connectivity index (χ1) is 9.08. The van der Waals surface area contributed by atoms with Gasteiger partial charge >= 0.3 is 5.88 Å². The van der Waals surface area contributed by atoms with E-state index in [1.807, 2.05) is 19.1 Å². The number of ketones is 1. The Labute approximate surface area is 109 Å². The third-order valence-electron chi connectivity index (χ3n) is 2.60. The van der Waals surface area contributed by atoms with Gasteiger partial charge in [0.05, 0.1) is 6.07 Å². The fraction of sp³-hybridized carbons (Fsp3) is 0.0714. The number of carbonyl (C=O) groups excluding carboxylic acids is 1. The molecule has 1 aromatic heterocycles. The highest BCUT2D eigenvalue weighted by Crippen LogP contribution is 2.17. The minimum atomic E-state index is -0.624. The van der Waals surface area contributed by atoms with Crippen molar-refractivity contribution in [3.8, 4) is 0 Å². The number of aryl methyl sites for hydroxylation is 1. The lowest BCUT2D eigenvalue weighted by Crippen LogP contribution is -1.96. The van der Waals surface area contributed by atoms with Crippen LogP contribution in [0.5, 0.6) is 0 Å². The summed E-state index contributed by atoms with van der Waals surface area (Å²) in [6.45, 7) is 1.85. The van der Waals surface area contributed by atoms with Gasteiger partial charge in [-0.3, -0.25) is 14.9 Å². The Bertz CT molecular complexity index is 655. The molecule has 5 heteroatoms. The molecule has 96 valence electrons. The first-order valence-electron chi connectivity index (χ1n) is 5.60. The van der Waals surface area contributed by atoms with Crippen LogP contribution in [0.4, 0.5) is 5.88 Å². The molecule has 0 bridgehead atoms. The van der Waals surface area contributed by atoms with Gasteiger partial charge in [-0.05, 0) is 30.7 Å². The molecular formula is C14H11NO4. The van der Waals surface area contributed by atoms with Crippen LogP contribution in [0, 0.1) is 17.0 Å². The summed E-state index contributed by atoms with van der Waals surface area (Å²) in [4.78, 5) is 21.7. The molecule has 0 radical (unpaired) electrons. The summed E-state index contributed by atoms with van der Waals surface area (Å²) in [7, 11) is 0. The van der Waals surface area contributed by atoms with Crippen LogP contribution in [0.1, 0.15) is 21.7 Å². The quantitative estimate of drug-likeness (QED) is 0.364. The molecule has 0 aliphatic heterocycles. The molecule has 0 saturated heterocycles. The highest BCUT2D eigenvalue weighted by atomic mass is 16.6. The molecule has 0 aliphatic carbocycles. The monoisotopic (exact) mass is 257 g/mol. The van der Waals surface area contributed by atoms with Crippen molar-refractivity contribution < 1.29 is 14.1 Å². The molecule has 0 atom stereocenters. The van der Waals surface area contributed by atoms with E-state index in [9.17, 15) is 14.9 Å². The number of rotatable bonds is 4. The van der Waals surface area contributed by atoms with Crippen LogP contribution in [0.2, 0.25) is 0 Å². The summed E-state index contributed by atoms with van der Waals surface area (Å²) in [5.74, 6) is -0.242. The van der Waals surface area contributed by atoms with Crippen molar-refractivity contribution in [2.24, 2.45) is 0 Å². The zero-order chi connectivity index (χ0) is 13.8. The van der Waals surface area contributed by atoms with Crippen molar-refractivity contribution in [1.29, 1.82) is 0 Å². The van der Waals surface area contributed by atoms with Gasteiger partial charge in [-0.2, -0.15) is 0 Å². The Morgan fingerprint density at radius 1 is 1.26 bits per heavy atom. The molecule has 19 heavy (non-hydrogen) atoms. The van der Waals surface area contributed by atoms with Gasteiger partial charge in [0, 0.05) is 5.56 Å². The van der Waals surface area contributed by atoms with E-state index in [1.54, 1.807) is 12.1 Å². The summed E-state index contributed by atoms with van der Waals surface area (Å²) < 4.78 is 4.92. The number of carbonyl (C=O) groups is 1. The van der Waals surface area contributed by atoms with Gasteiger partial charge in [0.2, 0.25) is 0 Å². The van der Waals surface area contributed by atoms with Gasteiger partial charge < -0.3 is 4.42 Å². The van der Waals surface area contributed by atoms with Crippen LogP contribution < -0.4 is 0 Å². The van der Waals surface area contributed by atoms with Crippen molar-refractivity contribution >= 4 is 17.7 Å². The minimum absolute atomic E-state index is 0.169. The maximum atomic E-state index is 11.9. The summed E-state index contributed by atoms with van der Waals surface area (Å²) in [5.41, 5.74) is 1.47. The van der Waals surface area contributed by atoms with Gasteiger partial charge in [-0.25, -0.2) is 0 Å². The van der Waals surface area contributed by atoms with Crippen LogP contribution in [0.15, 0.2) is 46.9 Å². The average molecular weight is 257 g/mol. The lowest BCUT2D eigenvalue weighted by molar-refractivity contribution is -0.402. The summed E-state index contributed by atoms with van der Waals surface area (Å²) >= 11 is 0. The average Bonchev–Trinajstić information content (AvgIpc) is 2.85. The number of nitro groups is 1. The maximum absolute atomic E-state index is 11.9. The maximum Gasteiger partial charge on any atom is 0.433 e. The van der Waals surface area contributed by atoms with E-state index < -0.39 is 4.92 Å². The third-order valence-corrected chi connectivity index (χ3v) is 2.60. The van der Waals surface area contributed by atoms with Gasteiger partial charge in [-0.1, -0.05) is 24.3 Å². The Kier molecular flexibility index (Phi) is 3.56. The summed E-state index contributed by atoms with van der Waals surface area (Å²) in [5, 5.41) is 10.4. The number of hydrogen-bond donors (Lipinski definition) is 0. The lowest BCUT2D eigenvalue weighted by Gasteiger charge is -1.99. The zero-order valence-electron chi connectivity index (χ0n) is 10.2. The minimum Gasteiger partial charge on any atom is -0.401 e. The Morgan fingerprint density at radius 3 is 2.63 bits per heavy atom. The molecule has 0 saturated carbocycles. The van der Waals surface area contributed by atoms with E-state index >= 15 is 0 Å². The van der Waals surface area contributed by atoms with Gasteiger partial charge in [0.25, 0.3) is 0 Å². The smallest absolute Gasteiger partial charge is 0.401 e. The number of hydrogen-bond acceptors (Lipinski definition) is 4. The molecule has 2 rings (SSSR count). The molecule has 0 amide bonds. The van der Waals surface area contributed by atoms with E-state index in [4.69, 9.17) is 4.42 Å². The zero-order valence-corrected chi connectivity index (χ0v) is 10.2. The molecule has 1 aromatic carbocycles. The molecule has 2 aromatic rings. The second-order valence-corrected chi connectivity index (χ2v) is 3.95. The van der Waals surface area contributed by atoms with Crippen LogP contribution >= 0.6 is 0 Å². The summed E-state index contributed by atoms with van der Waals surface area (Å²) in [6.07, 6.45) is 2.76. The fourth-order valence-electron chi connectivity index (χ4n) is 1.63. The predicted molar refractivity (Wildman–Crippen MR) is 69.9 cm³/mol. The number of allylic oxidation sites excluding steroid dienone is 1. The third kappa shape index (κ3) is 2.95. The molecule has 0 N–H and O–H groups in total. The normalized spacial score (nSPS) is 10.8. The Morgan fingerprint density at radius 2 is 2.00 bits per heavy atom. The first kappa shape index (κ1) is 12.8. The van der Waals surface area contributed by atoms with Crippen molar-refractivity contribution in [2.45, 2.75) is 6.92 Å². The van der Waals surface area contributed by atoms with E-state index in [0.717, 1.165) is 5.56 Å². The van der Waals surface area contributed by atoms with Crippen LogP contribution in [0.25, 0.3) is 6.08 Å². The van der Waals surface area contributed by atoms with Gasteiger partial charge in [0.1, 0.15) is 10.7 Å². The van der Waals surface area contributed by atoms with Crippen molar-refractivity contribution in [2.75, 3.05) is 0 Å².